The zero-order chi connectivity index (χ0) is 17.0. The Balaban J connectivity index is 1.99. The number of anilines is 1. The maximum atomic E-state index is 12.2. The van der Waals surface area contributed by atoms with Crippen molar-refractivity contribution in [2.45, 2.75) is 25.2 Å². The van der Waals surface area contributed by atoms with Gasteiger partial charge in [0.15, 0.2) is 9.84 Å². The van der Waals surface area contributed by atoms with Crippen molar-refractivity contribution in [3.8, 4) is 0 Å². The fraction of sp³-hybridized carbons (Fsp3) is 0.235. The molecule has 0 saturated heterocycles. The van der Waals surface area contributed by atoms with E-state index in [1.54, 1.807) is 0 Å². The third-order valence-electron chi connectivity index (χ3n) is 3.28. The van der Waals surface area contributed by atoms with Crippen LogP contribution in [0.25, 0.3) is 0 Å². The van der Waals surface area contributed by atoms with Crippen molar-refractivity contribution in [3.05, 3.63) is 58.6 Å². The maximum Gasteiger partial charge on any atom is 0.225 e. The van der Waals surface area contributed by atoms with E-state index in [-0.39, 0.29) is 23.0 Å². The van der Waals surface area contributed by atoms with Crippen molar-refractivity contribution in [1.29, 1.82) is 0 Å². The smallest absolute Gasteiger partial charge is 0.225 e. The van der Waals surface area contributed by atoms with E-state index in [1.165, 1.54) is 24.3 Å². The molecular weight excluding hydrogens is 334 g/mol. The number of aryl methyl sites for hydroxylation is 2. The summed E-state index contributed by atoms with van der Waals surface area (Å²) in [5.74, 6) is -0.571. The summed E-state index contributed by atoms with van der Waals surface area (Å²) in [6, 6.07) is 11.6. The van der Waals surface area contributed by atoms with Crippen LogP contribution >= 0.6 is 11.6 Å². The fourth-order valence-electron chi connectivity index (χ4n) is 2.26. The van der Waals surface area contributed by atoms with Crippen molar-refractivity contribution >= 4 is 33.0 Å². The summed E-state index contributed by atoms with van der Waals surface area (Å²) >= 11 is 5.75. The van der Waals surface area contributed by atoms with Gasteiger partial charge in [0.1, 0.15) is 0 Å². The molecule has 23 heavy (non-hydrogen) atoms. The van der Waals surface area contributed by atoms with Gasteiger partial charge in [0.2, 0.25) is 5.91 Å². The molecule has 0 heterocycles. The highest BCUT2D eigenvalue weighted by Crippen LogP contribution is 2.17. The molecule has 0 radical (unpaired) electrons. The van der Waals surface area contributed by atoms with Crippen LogP contribution in [-0.2, 0) is 14.6 Å². The number of benzene rings is 2. The number of halogens is 1. The highest BCUT2D eigenvalue weighted by molar-refractivity contribution is 7.91. The normalized spacial score (nSPS) is 11.3. The molecule has 0 saturated carbocycles. The number of sulfone groups is 1. The van der Waals surface area contributed by atoms with Crippen LogP contribution in [0.2, 0.25) is 5.02 Å². The van der Waals surface area contributed by atoms with Gasteiger partial charge in [0.25, 0.3) is 0 Å². The lowest BCUT2D eigenvalue weighted by Crippen LogP contribution is -2.17. The average Bonchev–Trinajstić information content (AvgIpc) is 2.44. The van der Waals surface area contributed by atoms with Gasteiger partial charge in [-0.15, -0.1) is 0 Å². The Morgan fingerprint density at radius 2 is 1.61 bits per heavy atom. The Bertz CT molecular complexity index is 794. The SMILES string of the molecule is Cc1cc(C)cc(NC(=O)CCS(=O)(=O)c2ccc(Cl)cc2)c1. The quantitative estimate of drug-likeness (QED) is 0.892. The summed E-state index contributed by atoms with van der Waals surface area (Å²) < 4.78 is 24.4. The molecule has 122 valence electrons. The Morgan fingerprint density at radius 3 is 2.17 bits per heavy atom. The van der Waals surface area contributed by atoms with E-state index in [9.17, 15) is 13.2 Å². The second-order valence-electron chi connectivity index (χ2n) is 5.45. The van der Waals surface area contributed by atoms with Crippen molar-refractivity contribution in [2.75, 3.05) is 11.1 Å². The van der Waals surface area contributed by atoms with Crippen LogP contribution in [0.15, 0.2) is 47.4 Å². The summed E-state index contributed by atoms with van der Waals surface area (Å²) in [5.41, 5.74) is 2.75. The maximum absolute atomic E-state index is 12.2. The second kappa shape index (κ2) is 7.15. The van der Waals surface area contributed by atoms with Crippen LogP contribution in [0, 0.1) is 13.8 Å². The standard InChI is InChI=1S/C17H18ClNO3S/c1-12-9-13(2)11-15(10-12)19-17(20)7-8-23(21,22)16-5-3-14(18)4-6-16/h3-6,9-11H,7-8H2,1-2H3,(H,19,20). The van der Waals surface area contributed by atoms with Crippen molar-refractivity contribution in [2.24, 2.45) is 0 Å². The van der Waals surface area contributed by atoms with Crippen molar-refractivity contribution < 1.29 is 13.2 Å². The third kappa shape index (κ3) is 5.08. The molecule has 2 rings (SSSR count). The lowest BCUT2D eigenvalue weighted by Gasteiger charge is -2.08. The van der Waals surface area contributed by atoms with Gasteiger partial charge in [-0.2, -0.15) is 0 Å². The predicted octanol–water partition coefficient (Wildman–Crippen LogP) is 3.76. The zero-order valence-corrected chi connectivity index (χ0v) is 14.5. The second-order valence-corrected chi connectivity index (χ2v) is 7.99. The molecule has 0 aliphatic heterocycles. The molecule has 0 atom stereocenters. The Morgan fingerprint density at radius 1 is 1.04 bits per heavy atom. The number of amides is 1. The van der Waals surface area contributed by atoms with Gasteiger partial charge in [-0.3, -0.25) is 4.79 Å². The van der Waals surface area contributed by atoms with E-state index in [2.05, 4.69) is 5.32 Å². The molecule has 2 aromatic rings. The lowest BCUT2D eigenvalue weighted by molar-refractivity contribution is -0.115. The lowest BCUT2D eigenvalue weighted by atomic mass is 10.1. The first-order valence-electron chi connectivity index (χ1n) is 7.13. The van der Waals surface area contributed by atoms with Gasteiger partial charge in [0.05, 0.1) is 10.6 Å². The molecule has 0 aliphatic carbocycles. The molecule has 0 aromatic heterocycles. The summed E-state index contributed by atoms with van der Waals surface area (Å²) in [4.78, 5) is 12.1. The highest BCUT2D eigenvalue weighted by atomic mass is 35.5. The number of carbonyl (C=O) groups excluding carboxylic acids is 1. The number of carbonyl (C=O) groups is 1. The summed E-state index contributed by atoms with van der Waals surface area (Å²) in [6.45, 7) is 3.88. The van der Waals surface area contributed by atoms with Gasteiger partial charge in [-0.25, -0.2) is 8.42 Å². The van der Waals surface area contributed by atoms with E-state index in [0.717, 1.165) is 11.1 Å². The van der Waals surface area contributed by atoms with Crippen LogP contribution < -0.4 is 5.32 Å². The van der Waals surface area contributed by atoms with Crippen LogP contribution in [0.4, 0.5) is 5.69 Å². The minimum atomic E-state index is -3.50. The molecule has 0 spiro atoms. The molecule has 1 amide bonds. The number of nitrogens with one attached hydrogen (secondary N) is 1. The average molecular weight is 352 g/mol. The minimum absolute atomic E-state index is 0.0993. The third-order valence-corrected chi connectivity index (χ3v) is 5.26. The Labute approximate surface area is 141 Å². The van der Waals surface area contributed by atoms with Crippen LogP contribution in [0.1, 0.15) is 17.5 Å². The molecule has 2 aromatic carbocycles. The topological polar surface area (TPSA) is 63.2 Å². The number of hydrogen-bond donors (Lipinski definition) is 1. The largest absolute Gasteiger partial charge is 0.326 e. The first-order chi connectivity index (χ1) is 10.8. The summed E-state index contributed by atoms with van der Waals surface area (Å²) in [5, 5.41) is 3.20. The molecule has 1 N–H and O–H groups in total. The van der Waals surface area contributed by atoms with Crippen LogP contribution in [0.5, 0.6) is 0 Å². The first kappa shape index (κ1) is 17.5. The molecule has 0 bridgehead atoms. The van der Waals surface area contributed by atoms with Gasteiger partial charge >= 0.3 is 0 Å². The summed E-state index contributed by atoms with van der Waals surface area (Å²) in [7, 11) is -3.50. The van der Waals surface area contributed by atoms with E-state index < -0.39 is 9.84 Å². The molecule has 6 heteroatoms. The van der Waals surface area contributed by atoms with E-state index >= 15 is 0 Å². The Hall–Kier alpha value is -1.85. The monoisotopic (exact) mass is 351 g/mol. The van der Waals surface area contributed by atoms with Gasteiger partial charge in [-0.05, 0) is 61.4 Å². The summed E-state index contributed by atoms with van der Waals surface area (Å²) in [6.07, 6.45) is -0.0993. The van der Waals surface area contributed by atoms with Crippen molar-refractivity contribution in [3.63, 3.8) is 0 Å². The van der Waals surface area contributed by atoms with Gasteiger partial charge in [-0.1, -0.05) is 17.7 Å². The van der Waals surface area contributed by atoms with E-state index in [0.29, 0.717) is 10.7 Å². The Kier molecular flexibility index (Phi) is 5.44. The van der Waals surface area contributed by atoms with E-state index in [4.69, 9.17) is 11.6 Å². The van der Waals surface area contributed by atoms with Gasteiger partial charge < -0.3 is 5.32 Å². The van der Waals surface area contributed by atoms with Gasteiger partial charge in [0, 0.05) is 17.1 Å². The predicted molar refractivity (Wildman–Crippen MR) is 92.7 cm³/mol. The number of rotatable bonds is 5. The molecule has 0 unspecified atom stereocenters. The van der Waals surface area contributed by atoms with Crippen LogP contribution in [-0.4, -0.2) is 20.1 Å². The zero-order valence-electron chi connectivity index (χ0n) is 13.0. The molecular formula is C17H18ClNO3S. The molecule has 0 aliphatic rings. The molecule has 0 fully saturated rings. The molecule has 4 nitrogen and oxygen atoms in total. The number of hydrogen-bond acceptors (Lipinski definition) is 3. The first-order valence-corrected chi connectivity index (χ1v) is 9.16. The fourth-order valence-corrected chi connectivity index (χ4v) is 3.62. The highest BCUT2D eigenvalue weighted by Gasteiger charge is 2.16. The minimum Gasteiger partial charge on any atom is -0.326 e. The van der Waals surface area contributed by atoms with Crippen molar-refractivity contribution in [1.82, 2.24) is 0 Å². The van der Waals surface area contributed by atoms with Crippen LogP contribution in [0.3, 0.4) is 0 Å². The van der Waals surface area contributed by atoms with E-state index in [1.807, 2.05) is 32.0 Å².